The zero-order valence-electron chi connectivity index (χ0n) is 34.9. The van der Waals surface area contributed by atoms with Gasteiger partial charge in [0.05, 0.1) is 33.1 Å². The Kier molecular flexibility index (Phi) is 8.23. The topological polar surface area (TPSA) is 23.0 Å². The minimum absolute atomic E-state index is 0.887. The molecule has 64 heavy (non-hydrogen) atoms. The Hall–Kier alpha value is -8.18. The van der Waals surface area contributed by atoms with Crippen molar-refractivity contribution in [3.63, 3.8) is 0 Å². The Balaban J connectivity index is 1.01. The highest BCUT2D eigenvalue weighted by Gasteiger charge is 2.41. The number of rotatable bonds is 7. The van der Waals surface area contributed by atoms with Gasteiger partial charge in [-0.2, -0.15) is 0 Å². The van der Waals surface area contributed by atoms with E-state index in [1.807, 2.05) is 6.07 Å². The van der Waals surface area contributed by atoms with Crippen LogP contribution in [-0.2, 0) is 0 Å². The first-order valence-electron chi connectivity index (χ1n) is 22.0. The quantitative estimate of drug-likeness (QED) is 0.116. The van der Waals surface area contributed by atoms with Crippen LogP contribution in [0.1, 0.15) is 0 Å². The number of benzene rings is 10. The van der Waals surface area contributed by atoms with E-state index < -0.39 is 8.07 Å². The third kappa shape index (κ3) is 5.33. The maximum Gasteiger partial charge on any atom is 0.179 e. The molecule has 0 atom stereocenters. The highest BCUT2D eigenvalue weighted by molar-refractivity contribution is 7.19. The molecule has 3 aromatic heterocycles. The first kappa shape index (κ1) is 36.5. The van der Waals surface area contributed by atoms with E-state index >= 15 is 0 Å². The first-order valence-corrected chi connectivity index (χ1v) is 24.0. The second-order valence-electron chi connectivity index (χ2n) is 16.8. The van der Waals surface area contributed by atoms with Crippen molar-refractivity contribution in [2.45, 2.75) is 0 Å². The van der Waals surface area contributed by atoms with Crippen molar-refractivity contribution in [3.05, 3.63) is 243 Å². The minimum Gasteiger partial charge on any atom is -0.456 e. The molecule has 0 spiro atoms. The van der Waals surface area contributed by atoms with E-state index in [9.17, 15) is 0 Å². The van der Waals surface area contributed by atoms with Crippen molar-refractivity contribution in [2.24, 2.45) is 0 Å². The van der Waals surface area contributed by atoms with Crippen LogP contribution in [0.5, 0.6) is 0 Å². The first-order chi connectivity index (χ1) is 31.8. The van der Waals surface area contributed by atoms with E-state index in [0.717, 1.165) is 33.3 Å². The predicted octanol–water partition coefficient (Wildman–Crippen LogP) is 12.8. The molecule has 3 nitrogen and oxygen atoms in total. The minimum atomic E-state index is -2.67. The molecular formula is C60H40N2OSi. The summed E-state index contributed by atoms with van der Waals surface area (Å²) in [5.41, 5.74) is 11.1. The van der Waals surface area contributed by atoms with Crippen LogP contribution < -0.4 is 20.7 Å². The zero-order valence-corrected chi connectivity index (χ0v) is 35.9. The van der Waals surface area contributed by atoms with E-state index in [0.29, 0.717) is 0 Å². The van der Waals surface area contributed by atoms with Gasteiger partial charge in [-0.25, -0.2) is 0 Å². The number of nitrogens with zero attached hydrogens (tertiary/aromatic N) is 2. The third-order valence-corrected chi connectivity index (χ3v) is 18.3. The van der Waals surface area contributed by atoms with Crippen LogP contribution in [0.15, 0.2) is 247 Å². The Bertz CT molecular complexity index is 3790. The summed E-state index contributed by atoms with van der Waals surface area (Å²) in [5.74, 6) is 0. The van der Waals surface area contributed by atoms with Crippen molar-refractivity contribution in [3.8, 4) is 22.5 Å². The van der Waals surface area contributed by atoms with Crippen LogP contribution >= 0.6 is 0 Å². The highest BCUT2D eigenvalue weighted by Crippen LogP contribution is 2.43. The number of aromatic nitrogens is 2. The van der Waals surface area contributed by atoms with Crippen molar-refractivity contribution >= 4 is 94.4 Å². The largest absolute Gasteiger partial charge is 0.456 e. The number of fused-ring (bicyclic) bond motifs is 9. The molecular weight excluding hydrogens is 793 g/mol. The molecule has 4 heteroatoms. The molecule has 0 N–H and O–H groups in total. The molecule has 0 unspecified atom stereocenters. The average Bonchev–Trinajstić information content (AvgIpc) is 4.03. The predicted molar refractivity (Wildman–Crippen MR) is 271 cm³/mol. The standard InChI is InChI=1S/C60H40N2OSi/c1-4-18-43(19-5-1)64(44-20-6-2-7-21-44,45-22-8-3-9-23-45)46-37-35-42(36-38-46)61-53-29-13-11-25-49(53)52-40-41(34-39-55(52)61)47-27-16-28-50-48-24-10-14-30-54(48)62(60(47)50)56-31-17-33-58-59(56)51-26-12-15-32-57(51)63-58/h1-40H. The van der Waals surface area contributed by atoms with Gasteiger partial charge in [-0.15, -0.1) is 0 Å². The molecule has 0 aliphatic rings. The summed E-state index contributed by atoms with van der Waals surface area (Å²) in [6.45, 7) is 0. The van der Waals surface area contributed by atoms with Crippen LogP contribution in [-0.4, -0.2) is 17.2 Å². The Morgan fingerprint density at radius 1 is 0.328 bits per heavy atom. The maximum atomic E-state index is 6.43. The van der Waals surface area contributed by atoms with Gasteiger partial charge in [0.2, 0.25) is 0 Å². The fourth-order valence-electron chi connectivity index (χ4n) is 10.8. The van der Waals surface area contributed by atoms with E-state index in [-0.39, 0.29) is 0 Å². The Morgan fingerprint density at radius 2 is 0.828 bits per heavy atom. The number of hydrogen-bond donors (Lipinski definition) is 0. The Morgan fingerprint density at radius 3 is 1.50 bits per heavy atom. The molecule has 0 aliphatic heterocycles. The lowest BCUT2D eigenvalue weighted by Gasteiger charge is -2.34. The average molecular weight is 833 g/mol. The SMILES string of the molecule is c1ccc([Si](c2ccccc2)(c2ccccc2)c2ccc(-n3c4ccccc4c4cc(-c5cccc6c7ccccc7n(-c7cccc8oc9ccccc9c78)c56)ccc43)cc2)cc1. The molecule has 0 saturated heterocycles. The Labute approximate surface area is 371 Å². The summed E-state index contributed by atoms with van der Waals surface area (Å²) in [6, 6.07) is 89.1. The molecule has 3 heterocycles. The van der Waals surface area contributed by atoms with E-state index in [4.69, 9.17) is 4.42 Å². The lowest BCUT2D eigenvalue weighted by atomic mass is 9.99. The van der Waals surface area contributed by atoms with Crippen LogP contribution in [0.3, 0.4) is 0 Å². The summed E-state index contributed by atoms with van der Waals surface area (Å²) in [4.78, 5) is 0. The molecule has 0 saturated carbocycles. The van der Waals surface area contributed by atoms with E-state index in [1.165, 1.54) is 75.5 Å². The van der Waals surface area contributed by atoms with Gasteiger partial charge in [-0.3, -0.25) is 0 Å². The van der Waals surface area contributed by atoms with Crippen molar-refractivity contribution in [1.82, 2.24) is 9.13 Å². The van der Waals surface area contributed by atoms with Crippen LogP contribution in [0.2, 0.25) is 0 Å². The van der Waals surface area contributed by atoms with Gasteiger partial charge in [0.25, 0.3) is 0 Å². The van der Waals surface area contributed by atoms with Crippen LogP contribution in [0.25, 0.3) is 88.1 Å². The zero-order chi connectivity index (χ0) is 42.2. The fraction of sp³-hybridized carbons (Fsp3) is 0. The molecule has 13 aromatic rings. The van der Waals surface area contributed by atoms with Crippen molar-refractivity contribution in [2.75, 3.05) is 0 Å². The molecule has 300 valence electrons. The number of furan rings is 1. The summed E-state index contributed by atoms with van der Waals surface area (Å²) < 4.78 is 11.3. The lowest BCUT2D eigenvalue weighted by molar-refractivity contribution is 0.669. The van der Waals surface area contributed by atoms with E-state index in [1.54, 1.807) is 0 Å². The normalized spacial score (nSPS) is 12.1. The monoisotopic (exact) mass is 832 g/mol. The summed E-state index contributed by atoms with van der Waals surface area (Å²) in [7, 11) is -2.67. The van der Waals surface area contributed by atoms with Gasteiger partial charge in [0.15, 0.2) is 8.07 Å². The summed E-state index contributed by atoms with van der Waals surface area (Å²) >= 11 is 0. The van der Waals surface area contributed by atoms with Crippen molar-refractivity contribution in [1.29, 1.82) is 0 Å². The van der Waals surface area contributed by atoms with Crippen LogP contribution in [0, 0.1) is 0 Å². The second-order valence-corrected chi connectivity index (χ2v) is 20.6. The highest BCUT2D eigenvalue weighted by atomic mass is 28.3. The molecule has 0 radical (unpaired) electrons. The van der Waals surface area contributed by atoms with Gasteiger partial charge in [0.1, 0.15) is 11.2 Å². The third-order valence-electron chi connectivity index (χ3n) is 13.5. The van der Waals surface area contributed by atoms with Crippen molar-refractivity contribution < 1.29 is 4.42 Å². The maximum absolute atomic E-state index is 6.43. The van der Waals surface area contributed by atoms with Gasteiger partial charge in [0, 0.05) is 38.2 Å². The lowest BCUT2D eigenvalue weighted by Crippen LogP contribution is -2.74. The smallest absolute Gasteiger partial charge is 0.179 e. The summed E-state index contributed by atoms with van der Waals surface area (Å²) in [6.07, 6.45) is 0. The van der Waals surface area contributed by atoms with Gasteiger partial charge in [-0.1, -0.05) is 188 Å². The molecule has 0 amide bonds. The molecule has 0 aliphatic carbocycles. The summed E-state index contributed by atoms with van der Waals surface area (Å²) in [5, 5.41) is 12.6. The molecule has 13 rings (SSSR count). The van der Waals surface area contributed by atoms with E-state index in [2.05, 4.69) is 246 Å². The van der Waals surface area contributed by atoms with Gasteiger partial charge < -0.3 is 13.6 Å². The van der Waals surface area contributed by atoms with Crippen LogP contribution in [0.4, 0.5) is 0 Å². The fourth-order valence-corrected chi connectivity index (χ4v) is 15.5. The van der Waals surface area contributed by atoms with Gasteiger partial charge in [-0.05, 0) is 80.9 Å². The number of para-hydroxylation sites is 4. The molecule has 0 bridgehead atoms. The second kappa shape index (κ2) is 14.5. The van der Waals surface area contributed by atoms with Gasteiger partial charge >= 0.3 is 0 Å². The molecule has 0 fully saturated rings. The molecule has 10 aromatic carbocycles. The number of hydrogen-bond acceptors (Lipinski definition) is 1.